The molecule has 2 aromatic rings. The van der Waals surface area contributed by atoms with Gasteiger partial charge in [-0.15, -0.1) is 0 Å². The van der Waals surface area contributed by atoms with Gasteiger partial charge in [0.2, 0.25) is 0 Å². The van der Waals surface area contributed by atoms with Crippen LogP contribution >= 0.6 is 0 Å². The molecule has 0 spiro atoms. The fourth-order valence-electron chi connectivity index (χ4n) is 2.75. The molecule has 114 valence electrons. The van der Waals surface area contributed by atoms with Gasteiger partial charge in [-0.1, -0.05) is 53.1 Å². The van der Waals surface area contributed by atoms with Crippen molar-refractivity contribution in [3.05, 3.63) is 75.7 Å². The quantitative estimate of drug-likeness (QED) is 0.477. The lowest BCUT2D eigenvalue weighted by molar-refractivity contribution is 0.432. The lowest BCUT2D eigenvalue weighted by atomic mass is 9.92. The van der Waals surface area contributed by atoms with E-state index in [2.05, 4.69) is 51.8 Å². The van der Waals surface area contributed by atoms with Gasteiger partial charge >= 0.3 is 0 Å². The average Bonchev–Trinajstić information content (AvgIpc) is 2.53. The predicted molar refractivity (Wildman–Crippen MR) is 90.0 cm³/mol. The molecule has 0 bridgehead atoms. The van der Waals surface area contributed by atoms with E-state index in [1.165, 1.54) is 11.1 Å². The third kappa shape index (κ3) is 3.65. The minimum atomic E-state index is 0.0700. The lowest BCUT2D eigenvalue weighted by Crippen LogP contribution is -2.31. The maximum absolute atomic E-state index is 8.60. The Kier molecular flexibility index (Phi) is 5.55. The Balaban J connectivity index is 2.40. The number of nitrogens with zero attached hydrogens (tertiary/aromatic N) is 3. The number of likely N-dealkylation sites (N-methyl/N-ethyl adjacent to an activating group) is 2. The highest BCUT2D eigenvalue weighted by Gasteiger charge is 2.22. The highest BCUT2D eigenvalue weighted by Crippen LogP contribution is 2.30. The number of rotatable bonds is 6. The van der Waals surface area contributed by atoms with Gasteiger partial charge in [-0.25, -0.2) is 0 Å². The van der Waals surface area contributed by atoms with Gasteiger partial charge in [0.25, 0.3) is 0 Å². The normalized spacial score (nSPS) is 13.2. The molecule has 0 unspecified atom stereocenters. The molecule has 5 heteroatoms. The highest BCUT2D eigenvalue weighted by atomic mass is 15.1. The number of benzene rings is 2. The second-order valence-electron chi connectivity index (χ2n) is 5.23. The fourth-order valence-corrected chi connectivity index (χ4v) is 2.75. The summed E-state index contributed by atoms with van der Waals surface area (Å²) in [6, 6.07) is 16.3. The van der Waals surface area contributed by atoms with Crippen LogP contribution in [0.15, 0.2) is 53.6 Å². The lowest BCUT2D eigenvalue weighted by Gasteiger charge is -2.28. The minimum Gasteiger partial charge on any atom is -0.311 e. The standard InChI is InChI=1S/C17H21N5/c1-12-6-4-7-13(10-12)16(19-2)17(20-3)14-8-5-9-15(11-14)21-22-18/h4-11,16-17,19-20H,1-3H3/t16-,17-/m0/s1. The van der Waals surface area contributed by atoms with E-state index < -0.39 is 0 Å². The van der Waals surface area contributed by atoms with Crippen molar-refractivity contribution in [1.82, 2.24) is 10.6 Å². The highest BCUT2D eigenvalue weighted by molar-refractivity contribution is 5.42. The molecule has 22 heavy (non-hydrogen) atoms. The number of hydrogen-bond acceptors (Lipinski definition) is 3. The van der Waals surface area contributed by atoms with Crippen LogP contribution in [0.4, 0.5) is 5.69 Å². The van der Waals surface area contributed by atoms with Crippen molar-refractivity contribution < 1.29 is 0 Å². The molecule has 0 saturated carbocycles. The Hall–Kier alpha value is -2.33. The monoisotopic (exact) mass is 295 g/mol. The van der Waals surface area contributed by atoms with Gasteiger partial charge in [0.1, 0.15) is 0 Å². The summed E-state index contributed by atoms with van der Waals surface area (Å²) in [6.07, 6.45) is 0. The zero-order valence-electron chi connectivity index (χ0n) is 13.1. The summed E-state index contributed by atoms with van der Waals surface area (Å²) in [4.78, 5) is 2.86. The molecule has 0 amide bonds. The largest absolute Gasteiger partial charge is 0.311 e. The van der Waals surface area contributed by atoms with Crippen molar-refractivity contribution >= 4 is 5.69 Å². The van der Waals surface area contributed by atoms with Crippen LogP contribution < -0.4 is 10.6 Å². The molecule has 5 nitrogen and oxygen atoms in total. The summed E-state index contributed by atoms with van der Waals surface area (Å²) >= 11 is 0. The molecule has 0 radical (unpaired) electrons. The van der Waals surface area contributed by atoms with E-state index in [-0.39, 0.29) is 12.1 Å². The maximum atomic E-state index is 8.60. The zero-order valence-corrected chi connectivity index (χ0v) is 13.1. The first-order chi connectivity index (χ1) is 10.7. The van der Waals surface area contributed by atoms with Crippen LogP contribution in [-0.2, 0) is 0 Å². The van der Waals surface area contributed by atoms with Crippen molar-refractivity contribution in [2.24, 2.45) is 5.11 Å². The van der Waals surface area contributed by atoms with Crippen LogP contribution in [0.5, 0.6) is 0 Å². The van der Waals surface area contributed by atoms with E-state index in [0.717, 1.165) is 5.56 Å². The molecule has 0 heterocycles. The van der Waals surface area contributed by atoms with Crippen molar-refractivity contribution in [1.29, 1.82) is 0 Å². The summed E-state index contributed by atoms with van der Waals surface area (Å²) in [6.45, 7) is 2.09. The molecule has 0 aliphatic heterocycles. The first kappa shape index (κ1) is 16.0. The number of azide groups is 1. The predicted octanol–water partition coefficient (Wildman–Crippen LogP) is 4.16. The van der Waals surface area contributed by atoms with Gasteiger partial charge < -0.3 is 10.6 Å². The van der Waals surface area contributed by atoms with Gasteiger partial charge in [-0.3, -0.25) is 0 Å². The maximum Gasteiger partial charge on any atom is 0.0515 e. The smallest absolute Gasteiger partial charge is 0.0515 e. The molecule has 0 aliphatic rings. The summed E-state index contributed by atoms with van der Waals surface area (Å²) in [5.74, 6) is 0. The average molecular weight is 295 g/mol. The summed E-state index contributed by atoms with van der Waals surface area (Å²) in [5, 5.41) is 10.4. The van der Waals surface area contributed by atoms with Gasteiger partial charge in [-0.2, -0.15) is 0 Å². The van der Waals surface area contributed by atoms with E-state index >= 15 is 0 Å². The molecule has 2 atom stereocenters. The van der Waals surface area contributed by atoms with Crippen molar-refractivity contribution in [2.75, 3.05) is 14.1 Å². The van der Waals surface area contributed by atoms with E-state index in [1.807, 2.05) is 32.3 Å². The van der Waals surface area contributed by atoms with E-state index in [4.69, 9.17) is 5.53 Å². The van der Waals surface area contributed by atoms with Crippen LogP contribution in [0.1, 0.15) is 28.8 Å². The first-order valence-corrected chi connectivity index (χ1v) is 7.25. The summed E-state index contributed by atoms with van der Waals surface area (Å²) < 4.78 is 0. The Bertz CT molecular complexity index is 676. The Morgan fingerprint density at radius 2 is 1.55 bits per heavy atom. The van der Waals surface area contributed by atoms with Crippen molar-refractivity contribution in [2.45, 2.75) is 19.0 Å². The summed E-state index contributed by atoms with van der Waals surface area (Å²) in [7, 11) is 3.89. The van der Waals surface area contributed by atoms with Crippen molar-refractivity contribution in [3.63, 3.8) is 0 Å². The third-order valence-corrected chi connectivity index (χ3v) is 3.75. The minimum absolute atomic E-state index is 0.0700. The second-order valence-corrected chi connectivity index (χ2v) is 5.23. The van der Waals surface area contributed by atoms with Gasteiger partial charge in [0.15, 0.2) is 0 Å². The molecule has 0 saturated heterocycles. The third-order valence-electron chi connectivity index (χ3n) is 3.75. The number of hydrogen-bond donors (Lipinski definition) is 2. The Labute approximate surface area is 131 Å². The van der Waals surface area contributed by atoms with Gasteiger partial charge in [0.05, 0.1) is 12.1 Å². The number of aryl methyl sites for hydroxylation is 1. The molecular formula is C17H21N5. The number of nitrogens with one attached hydrogen (secondary N) is 2. The molecule has 0 aromatic heterocycles. The molecule has 2 rings (SSSR count). The molecular weight excluding hydrogens is 274 g/mol. The van der Waals surface area contributed by atoms with E-state index in [1.54, 1.807) is 6.07 Å². The fraction of sp³-hybridized carbons (Fsp3) is 0.294. The second kappa shape index (κ2) is 7.61. The summed E-state index contributed by atoms with van der Waals surface area (Å²) in [5.41, 5.74) is 12.8. The van der Waals surface area contributed by atoms with Crippen LogP contribution in [0.25, 0.3) is 10.4 Å². The SMILES string of the molecule is CN[C@@H](c1cccc(C)c1)[C@@H](NC)c1cccc(N=[N+]=[N-])c1. The van der Waals surface area contributed by atoms with Gasteiger partial charge in [-0.05, 0) is 43.7 Å². The van der Waals surface area contributed by atoms with Crippen molar-refractivity contribution in [3.8, 4) is 0 Å². The molecule has 2 N–H and O–H groups in total. The topological polar surface area (TPSA) is 72.8 Å². The van der Waals surface area contributed by atoms with Gasteiger partial charge in [0, 0.05) is 10.6 Å². The molecule has 2 aromatic carbocycles. The van der Waals surface area contributed by atoms with Crippen LogP contribution in [0.2, 0.25) is 0 Å². The Morgan fingerprint density at radius 1 is 0.955 bits per heavy atom. The Morgan fingerprint density at radius 3 is 2.09 bits per heavy atom. The van der Waals surface area contributed by atoms with E-state index in [9.17, 15) is 0 Å². The molecule has 0 fully saturated rings. The first-order valence-electron chi connectivity index (χ1n) is 7.25. The zero-order chi connectivity index (χ0) is 15.9. The van der Waals surface area contributed by atoms with Crippen LogP contribution in [0.3, 0.4) is 0 Å². The van der Waals surface area contributed by atoms with Crippen LogP contribution in [-0.4, -0.2) is 14.1 Å². The van der Waals surface area contributed by atoms with E-state index in [0.29, 0.717) is 5.69 Å². The molecule has 0 aliphatic carbocycles. The van der Waals surface area contributed by atoms with Crippen LogP contribution in [0, 0.1) is 6.92 Å².